The first-order chi connectivity index (χ1) is 6.57. The summed E-state index contributed by atoms with van der Waals surface area (Å²) >= 11 is 3.26. The van der Waals surface area contributed by atoms with Crippen molar-refractivity contribution in [3.8, 4) is 0 Å². The molecule has 1 aliphatic rings. The number of halogens is 1. The third kappa shape index (κ3) is 2.58. The minimum absolute atomic E-state index is 0.0144. The topological polar surface area (TPSA) is 20.3 Å². The van der Waals surface area contributed by atoms with Gasteiger partial charge in [0.2, 0.25) is 0 Å². The van der Waals surface area contributed by atoms with Gasteiger partial charge in [0, 0.05) is 23.6 Å². The van der Waals surface area contributed by atoms with Gasteiger partial charge in [0.1, 0.15) is 0 Å². The summed E-state index contributed by atoms with van der Waals surface area (Å²) in [5.41, 5.74) is 1.58. The molecule has 0 radical (unpaired) electrons. The number of amides is 1. The summed E-state index contributed by atoms with van der Waals surface area (Å²) in [4.78, 5) is 13.0. The van der Waals surface area contributed by atoms with E-state index in [0.29, 0.717) is 12.1 Å². The molecule has 2 nitrogen and oxygen atoms in total. The number of carbonyl (C=O) groups is 1. The number of hydrogen-bond acceptors (Lipinski definition) is 1. The molecule has 0 atom stereocenters. The molecule has 0 aromatic heterocycles. The Bertz CT molecular complexity index is 292. The van der Waals surface area contributed by atoms with Crippen molar-refractivity contribution < 1.29 is 4.79 Å². The molecule has 0 N–H and O–H groups in total. The van der Waals surface area contributed by atoms with E-state index in [1.54, 1.807) is 18.0 Å². The van der Waals surface area contributed by atoms with Gasteiger partial charge in [-0.1, -0.05) is 49.0 Å². The van der Waals surface area contributed by atoms with E-state index >= 15 is 0 Å². The lowest BCUT2D eigenvalue weighted by atomic mass is 10.1. The fourth-order valence-corrected chi connectivity index (χ4v) is 1.51. The van der Waals surface area contributed by atoms with Gasteiger partial charge >= 0.3 is 0 Å². The van der Waals surface area contributed by atoms with Crippen molar-refractivity contribution in [2.24, 2.45) is 0 Å². The van der Waals surface area contributed by atoms with Gasteiger partial charge in [0.25, 0.3) is 5.91 Å². The molecule has 0 bridgehead atoms. The normalized spacial score (nSPS) is 15.1. The first-order valence-corrected chi connectivity index (χ1v) is 5.33. The Morgan fingerprint density at radius 3 is 2.36 bits per heavy atom. The van der Waals surface area contributed by atoms with Crippen molar-refractivity contribution >= 4 is 21.8 Å². The lowest BCUT2D eigenvalue weighted by Gasteiger charge is -2.07. The van der Waals surface area contributed by atoms with Crippen LogP contribution in [0.5, 0.6) is 0 Å². The average Bonchev–Trinajstić information content (AvgIpc) is 2.47. The summed E-state index contributed by atoms with van der Waals surface area (Å²) in [6.07, 6.45) is 1.58. The highest BCUT2D eigenvalue weighted by molar-refractivity contribution is 9.11. The Kier molecular flexibility index (Phi) is 5.46. The molecule has 0 aromatic rings. The Labute approximate surface area is 94.1 Å². The van der Waals surface area contributed by atoms with E-state index in [4.69, 9.17) is 0 Å². The van der Waals surface area contributed by atoms with E-state index in [2.05, 4.69) is 29.1 Å². The summed E-state index contributed by atoms with van der Waals surface area (Å²) in [5, 5.41) is 0. The SMILES string of the molecule is C=CC1=C(C(=C)Br)CN(C)C1=O.CC. The van der Waals surface area contributed by atoms with Crippen LogP contribution in [0.4, 0.5) is 0 Å². The molecule has 0 aliphatic carbocycles. The predicted molar refractivity (Wildman–Crippen MR) is 64.3 cm³/mol. The summed E-state index contributed by atoms with van der Waals surface area (Å²) in [7, 11) is 1.76. The monoisotopic (exact) mass is 257 g/mol. The Hall–Kier alpha value is -0.830. The second-order valence-electron chi connectivity index (χ2n) is 2.66. The predicted octanol–water partition coefficient (Wildman–Crippen LogP) is 2.88. The van der Waals surface area contributed by atoms with Gasteiger partial charge in [-0.2, -0.15) is 0 Å². The van der Waals surface area contributed by atoms with Crippen molar-refractivity contribution in [3.05, 3.63) is 34.9 Å². The lowest BCUT2D eigenvalue weighted by molar-refractivity contribution is -0.124. The molecule has 0 spiro atoms. The first-order valence-electron chi connectivity index (χ1n) is 4.53. The zero-order valence-electron chi connectivity index (χ0n) is 8.93. The van der Waals surface area contributed by atoms with E-state index < -0.39 is 0 Å². The van der Waals surface area contributed by atoms with Crippen molar-refractivity contribution in [1.29, 1.82) is 0 Å². The summed E-state index contributed by atoms with van der Waals surface area (Å²) in [5.74, 6) is 0.0144. The quantitative estimate of drug-likeness (QED) is 0.745. The van der Waals surface area contributed by atoms with Gasteiger partial charge in [-0.25, -0.2) is 0 Å². The number of nitrogens with zero attached hydrogens (tertiary/aromatic N) is 1. The van der Waals surface area contributed by atoms with E-state index in [1.165, 1.54) is 0 Å². The third-order valence-electron chi connectivity index (χ3n) is 1.83. The van der Waals surface area contributed by atoms with Crippen LogP contribution >= 0.6 is 15.9 Å². The molecule has 14 heavy (non-hydrogen) atoms. The molecular weight excluding hydrogens is 242 g/mol. The van der Waals surface area contributed by atoms with Gasteiger partial charge in [-0.05, 0) is 5.57 Å². The maximum Gasteiger partial charge on any atom is 0.254 e. The van der Waals surface area contributed by atoms with Crippen molar-refractivity contribution in [1.82, 2.24) is 4.90 Å². The zero-order valence-corrected chi connectivity index (χ0v) is 10.5. The second kappa shape index (κ2) is 5.81. The Balaban J connectivity index is 0.000000791. The van der Waals surface area contributed by atoms with Crippen LogP contribution in [0.3, 0.4) is 0 Å². The first kappa shape index (κ1) is 13.2. The largest absolute Gasteiger partial charge is 0.337 e. The van der Waals surface area contributed by atoms with Crippen LogP contribution in [0.1, 0.15) is 13.8 Å². The number of hydrogen-bond donors (Lipinski definition) is 0. The fraction of sp³-hybridized carbons (Fsp3) is 0.364. The Morgan fingerprint density at radius 1 is 1.57 bits per heavy atom. The molecule has 0 unspecified atom stereocenters. The van der Waals surface area contributed by atoms with Crippen LogP contribution in [0.25, 0.3) is 0 Å². The second-order valence-corrected chi connectivity index (χ2v) is 3.62. The molecule has 1 amide bonds. The highest BCUT2D eigenvalue weighted by Crippen LogP contribution is 2.26. The van der Waals surface area contributed by atoms with E-state index in [9.17, 15) is 4.79 Å². The van der Waals surface area contributed by atoms with E-state index in [-0.39, 0.29) is 5.91 Å². The maximum absolute atomic E-state index is 11.4. The Morgan fingerprint density at radius 2 is 2.07 bits per heavy atom. The molecule has 0 saturated heterocycles. The van der Waals surface area contributed by atoms with Crippen LogP contribution < -0.4 is 0 Å². The molecule has 1 aliphatic heterocycles. The van der Waals surface area contributed by atoms with Crippen LogP contribution in [-0.4, -0.2) is 24.4 Å². The molecule has 0 saturated carbocycles. The van der Waals surface area contributed by atoms with Gasteiger partial charge in [-0.3, -0.25) is 4.79 Å². The maximum atomic E-state index is 11.4. The summed E-state index contributed by atoms with van der Waals surface area (Å²) in [6, 6.07) is 0. The molecular formula is C11H16BrNO. The minimum Gasteiger partial charge on any atom is -0.337 e. The van der Waals surface area contributed by atoms with Crippen LogP contribution in [0, 0.1) is 0 Å². The van der Waals surface area contributed by atoms with Crippen LogP contribution in [0.2, 0.25) is 0 Å². The minimum atomic E-state index is 0.0144. The van der Waals surface area contributed by atoms with E-state index in [1.807, 2.05) is 13.8 Å². The van der Waals surface area contributed by atoms with Gasteiger partial charge in [-0.15, -0.1) is 0 Å². The lowest BCUT2D eigenvalue weighted by Crippen LogP contribution is -2.21. The van der Waals surface area contributed by atoms with Gasteiger partial charge < -0.3 is 4.90 Å². The van der Waals surface area contributed by atoms with Crippen molar-refractivity contribution in [2.75, 3.05) is 13.6 Å². The number of likely N-dealkylation sites (N-methyl/N-ethyl adjacent to an activating group) is 1. The van der Waals surface area contributed by atoms with E-state index in [0.717, 1.165) is 10.1 Å². The molecule has 1 rings (SSSR count). The number of carbonyl (C=O) groups excluding carboxylic acids is 1. The highest BCUT2D eigenvalue weighted by Gasteiger charge is 2.25. The molecule has 78 valence electrons. The molecule has 0 aromatic carbocycles. The van der Waals surface area contributed by atoms with Crippen molar-refractivity contribution in [3.63, 3.8) is 0 Å². The van der Waals surface area contributed by atoms with Crippen LogP contribution in [-0.2, 0) is 4.79 Å². The van der Waals surface area contributed by atoms with Gasteiger partial charge in [0.15, 0.2) is 0 Å². The fourth-order valence-electron chi connectivity index (χ4n) is 1.17. The smallest absolute Gasteiger partial charge is 0.254 e. The average molecular weight is 258 g/mol. The standard InChI is InChI=1S/C9H10BrNO.C2H6/c1-4-7-8(6(2)10)5-11(3)9(7)12;1-2/h4H,1-2,5H2,3H3;1-2H3. The molecule has 1 heterocycles. The number of rotatable bonds is 2. The third-order valence-corrected chi connectivity index (χ3v) is 2.31. The highest BCUT2D eigenvalue weighted by atomic mass is 79.9. The summed E-state index contributed by atoms with van der Waals surface area (Å²) in [6.45, 7) is 11.9. The van der Waals surface area contributed by atoms with Crippen molar-refractivity contribution in [2.45, 2.75) is 13.8 Å². The van der Waals surface area contributed by atoms with Crippen LogP contribution in [0.15, 0.2) is 34.9 Å². The van der Waals surface area contributed by atoms with Gasteiger partial charge in [0.05, 0.1) is 0 Å². The summed E-state index contributed by atoms with van der Waals surface area (Å²) < 4.78 is 0.759. The zero-order chi connectivity index (χ0) is 11.3. The molecule has 0 fully saturated rings. The molecule has 3 heteroatoms.